The molecule has 2 aromatic rings. The second-order valence-electron chi connectivity index (χ2n) is 10.9. The summed E-state index contributed by atoms with van der Waals surface area (Å²) in [4.78, 5) is 37.5. The van der Waals surface area contributed by atoms with Crippen LogP contribution in [-0.2, 0) is 25.6 Å². The van der Waals surface area contributed by atoms with Gasteiger partial charge in [0, 0.05) is 25.8 Å². The van der Waals surface area contributed by atoms with Crippen LogP contribution in [0.1, 0.15) is 117 Å². The maximum Gasteiger partial charge on any atom is 0.323 e. The molecule has 0 spiro atoms. The number of fused-ring (bicyclic) bond motifs is 1. The molecule has 0 radical (unpaired) electrons. The van der Waals surface area contributed by atoms with E-state index < -0.39 is 18.1 Å². The van der Waals surface area contributed by atoms with Crippen molar-refractivity contribution in [2.24, 2.45) is 11.7 Å². The molecule has 0 aliphatic carbocycles. The zero-order valence-corrected chi connectivity index (χ0v) is 25.0. The number of hydrogen-bond donors (Lipinski definition) is 2. The van der Waals surface area contributed by atoms with Gasteiger partial charge in [0.25, 0.3) is 0 Å². The molecule has 0 amide bonds. The Labute approximate surface area is 240 Å². The van der Waals surface area contributed by atoms with Crippen LogP contribution in [-0.4, -0.2) is 50.2 Å². The minimum Gasteiger partial charge on any atom is -0.466 e. The molecular formula is C30H52N6O4. The SMILES string of the molecule is CCCCCCCCCCCCCC(=O)OCCC(CCn1cnc2cnc(N)nc21)OC(=O)[C@@H](N)C(C)CC. The predicted octanol–water partition coefficient (Wildman–Crippen LogP) is 5.72. The van der Waals surface area contributed by atoms with Gasteiger partial charge in [-0.05, 0) is 12.3 Å². The monoisotopic (exact) mass is 560 g/mol. The van der Waals surface area contributed by atoms with Crippen LogP contribution >= 0.6 is 0 Å². The van der Waals surface area contributed by atoms with Crippen LogP contribution in [0.2, 0.25) is 0 Å². The van der Waals surface area contributed by atoms with E-state index >= 15 is 0 Å². The van der Waals surface area contributed by atoms with Gasteiger partial charge in [-0.1, -0.05) is 91.4 Å². The van der Waals surface area contributed by atoms with Crippen molar-refractivity contribution in [3.05, 3.63) is 12.5 Å². The molecule has 0 aliphatic heterocycles. The van der Waals surface area contributed by atoms with Crippen LogP contribution in [0.15, 0.2) is 12.5 Å². The largest absolute Gasteiger partial charge is 0.466 e. The highest BCUT2D eigenvalue weighted by Gasteiger charge is 2.25. The third kappa shape index (κ3) is 12.6. The van der Waals surface area contributed by atoms with Gasteiger partial charge in [0.05, 0.1) is 19.1 Å². The minimum absolute atomic E-state index is 0.00837. The molecule has 0 aromatic carbocycles. The number of aryl methyl sites for hydroxylation is 1. The highest BCUT2D eigenvalue weighted by Crippen LogP contribution is 2.16. The van der Waals surface area contributed by atoms with Gasteiger partial charge in [-0.3, -0.25) is 9.59 Å². The molecule has 40 heavy (non-hydrogen) atoms. The summed E-state index contributed by atoms with van der Waals surface area (Å²) >= 11 is 0. The van der Waals surface area contributed by atoms with Crippen molar-refractivity contribution in [1.29, 1.82) is 0 Å². The van der Waals surface area contributed by atoms with Crippen LogP contribution in [0, 0.1) is 5.92 Å². The third-order valence-corrected chi connectivity index (χ3v) is 7.57. The standard InChI is InChI=1S/C30H52N6O4/c1-4-6-7-8-9-10-11-12-13-14-15-16-26(37)39-20-18-24(40-29(38)27(31)23(3)5-2)17-19-36-22-34-25-21-33-30(32)35-28(25)36/h21-24,27H,4-20,31H2,1-3H3,(H2,32,33,35)/t23?,24?,27-/m0/s1. The highest BCUT2D eigenvalue weighted by molar-refractivity contribution is 5.76. The molecule has 0 bridgehead atoms. The summed E-state index contributed by atoms with van der Waals surface area (Å²) in [6, 6.07) is -0.697. The molecular weight excluding hydrogens is 508 g/mol. The molecule has 2 unspecified atom stereocenters. The third-order valence-electron chi connectivity index (χ3n) is 7.57. The summed E-state index contributed by atoms with van der Waals surface area (Å²) in [7, 11) is 0. The van der Waals surface area contributed by atoms with E-state index in [9.17, 15) is 9.59 Å². The van der Waals surface area contributed by atoms with Crippen molar-refractivity contribution >= 4 is 29.1 Å². The Morgan fingerprint density at radius 3 is 2.25 bits per heavy atom. The number of anilines is 1. The van der Waals surface area contributed by atoms with E-state index in [0.29, 0.717) is 37.0 Å². The fourth-order valence-electron chi connectivity index (χ4n) is 4.62. The molecule has 4 N–H and O–H groups in total. The van der Waals surface area contributed by atoms with E-state index in [1.807, 2.05) is 18.4 Å². The Morgan fingerprint density at radius 1 is 0.950 bits per heavy atom. The smallest absolute Gasteiger partial charge is 0.323 e. The lowest BCUT2D eigenvalue weighted by Gasteiger charge is -2.23. The Hall–Kier alpha value is -2.75. The number of unbranched alkanes of at least 4 members (excludes halogenated alkanes) is 10. The van der Waals surface area contributed by atoms with Crippen molar-refractivity contribution in [3.63, 3.8) is 0 Å². The molecule has 0 fully saturated rings. The van der Waals surface area contributed by atoms with Crippen molar-refractivity contribution in [1.82, 2.24) is 19.5 Å². The Kier molecular flexibility index (Phi) is 16.2. The van der Waals surface area contributed by atoms with Crippen LogP contribution in [0.3, 0.4) is 0 Å². The lowest BCUT2D eigenvalue weighted by Crippen LogP contribution is -2.40. The fraction of sp³-hybridized carbons (Fsp3) is 0.767. The second-order valence-corrected chi connectivity index (χ2v) is 10.9. The van der Waals surface area contributed by atoms with Crippen molar-refractivity contribution < 1.29 is 19.1 Å². The number of imidazole rings is 1. The van der Waals surface area contributed by atoms with Crippen molar-refractivity contribution in [2.75, 3.05) is 12.3 Å². The summed E-state index contributed by atoms with van der Waals surface area (Å²) in [6.45, 7) is 6.85. The first-order valence-corrected chi connectivity index (χ1v) is 15.4. The number of nitrogens with two attached hydrogens (primary N) is 2. The summed E-state index contributed by atoms with van der Waals surface area (Å²) in [5, 5.41) is 0. The predicted molar refractivity (Wildman–Crippen MR) is 158 cm³/mol. The summed E-state index contributed by atoms with van der Waals surface area (Å²) in [6.07, 6.45) is 18.4. The number of nitrogen functional groups attached to an aromatic ring is 1. The molecule has 0 saturated heterocycles. The maximum absolute atomic E-state index is 12.7. The number of ether oxygens (including phenoxy) is 2. The Bertz CT molecular complexity index is 998. The first-order valence-electron chi connectivity index (χ1n) is 15.4. The maximum atomic E-state index is 12.7. The lowest BCUT2D eigenvalue weighted by atomic mass is 10.0. The normalized spacial score (nSPS) is 13.7. The van der Waals surface area contributed by atoms with Gasteiger partial charge in [-0.25, -0.2) is 9.97 Å². The number of carbonyl (C=O) groups excluding carboxylic acids is 2. The number of carbonyl (C=O) groups is 2. The van der Waals surface area contributed by atoms with Gasteiger partial charge >= 0.3 is 11.9 Å². The van der Waals surface area contributed by atoms with E-state index in [-0.39, 0.29) is 24.4 Å². The average molecular weight is 561 g/mol. The number of aromatic nitrogens is 4. The van der Waals surface area contributed by atoms with Crippen LogP contribution in [0.5, 0.6) is 0 Å². The minimum atomic E-state index is -0.697. The zero-order valence-electron chi connectivity index (χ0n) is 25.0. The second kappa shape index (κ2) is 19.3. The molecule has 2 aromatic heterocycles. The van der Waals surface area contributed by atoms with Gasteiger partial charge in [0.2, 0.25) is 5.95 Å². The van der Waals surface area contributed by atoms with E-state index in [1.54, 1.807) is 12.5 Å². The molecule has 10 nitrogen and oxygen atoms in total. The van der Waals surface area contributed by atoms with Gasteiger partial charge < -0.3 is 25.5 Å². The topological polar surface area (TPSA) is 148 Å². The van der Waals surface area contributed by atoms with Gasteiger partial charge in [0.1, 0.15) is 17.7 Å². The number of hydrogen-bond acceptors (Lipinski definition) is 9. The van der Waals surface area contributed by atoms with E-state index in [2.05, 4.69) is 21.9 Å². The lowest BCUT2D eigenvalue weighted by molar-refractivity contribution is -0.154. The molecule has 2 rings (SSSR count). The highest BCUT2D eigenvalue weighted by atomic mass is 16.6. The Balaban J connectivity index is 1.73. The van der Waals surface area contributed by atoms with Crippen molar-refractivity contribution in [2.45, 2.75) is 136 Å². The zero-order chi connectivity index (χ0) is 29.2. The number of rotatable bonds is 22. The van der Waals surface area contributed by atoms with Crippen molar-refractivity contribution in [3.8, 4) is 0 Å². The van der Waals surface area contributed by atoms with Gasteiger partial charge in [0.15, 0.2) is 5.65 Å². The molecule has 10 heteroatoms. The molecule has 0 saturated carbocycles. The van der Waals surface area contributed by atoms with Gasteiger partial charge in [-0.15, -0.1) is 0 Å². The molecule has 3 atom stereocenters. The number of nitrogens with zero attached hydrogens (tertiary/aromatic N) is 4. The Morgan fingerprint density at radius 2 is 1.60 bits per heavy atom. The van der Waals surface area contributed by atoms with E-state index in [4.69, 9.17) is 20.9 Å². The van der Waals surface area contributed by atoms with E-state index in [1.165, 1.54) is 51.4 Å². The summed E-state index contributed by atoms with van der Waals surface area (Å²) < 4.78 is 13.1. The summed E-state index contributed by atoms with van der Waals surface area (Å²) in [5.74, 6) is -0.464. The van der Waals surface area contributed by atoms with Gasteiger partial charge in [-0.2, -0.15) is 4.98 Å². The van der Waals surface area contributed by atoms with Crippen LogP contribution < -0.4 is 11.5 Å². The van der Waals surface area contributed by atoms with Crippen LogP contribution in [0.4, 0.5) is 5.95 Å². The first kappa shape index (κ1) is 33.5. The number of esters is 2. The van der Waals surface area contributed by atoms with Crippen LogP contribution in [0.25, 0.3) is 11.2 Å². The average Bonchev–Trinajstić information content (AvgIpc) is 3.35. The molecule has 2 heterocycles. The fourth-order valence-corrected chi connectivity index (χ4v) is 4.62. The molecule has 226 valence electrons. The summed E-state index contributed by atoms with van der Waals surface area (Å²) in [5.41, 5.74) is 13.1. The van der Waals surface area contributed by atoms with E-state index in [0.717, 1.165) is 25.7 Å². The molecule has 0 aliphatic rings. The quantitative estimate of drug-likeness (QED) is 0.136. The first-order chi connectivity index (χ1) is 19.3.